The van der Waals surface area contributed by atoms with Crippen molar-refractivity contribution < 1.29 is 31.9 Å². The molecule has 0 unspecified atom stereocenters. The van der Waals surface area contributed by atoms with E-state index in [1.807, 2.05) is 0 Å². The molecule has 1 aromatic heterocycles. The molecule has 2 aromatic rings. The Kier molecular flexibility index (Phi) is 3.62. The molecule has 0 aliphatic rings. The topological polar surface area (TPSA) is 68.0 Å². The zero-order chi connectivity index (χ0) is 15.8. The maximum Gasteiger partial charge on any atom is 0.435 e. The van der Waals surface area contributed by atoms with Gasteiger partial charge in [0, 0.05) is 6.07 Å². The van der Waals surface area contributed by atoms with Gasteiger partial charge in [-0.1, -0.05) is 5.21 Å². The highest BCUT2D eigenvalue weighted by atomic mass is 19.4. The van der Waals surface area contributed by atoms with Gasteiger partial charge in [0.25, 0.3) is 0 Å². The molecule has 0 radical (unpaired) electrons. The Morgan fingerprint density at radius 1 is 1.19 bits per heavy atom. The second kappa shape index (κ2) is 5.11. The molecule has 112 valence electrons. The van der Waals surface area contributed by atoms with Crippen molar-refractivity contribution in [3.63, 3.8) is 0 Å². The summed E-state index contributed by atoms with van der Waals surface area (Å²) in [5.41, 5.74) is -3.03. The zero-order valence-electron chi connectivity index (χ0n) is 10.0. The van der Waals surface area contributed by atoms with Gasteiger partial charge in [0.15, 0.2) is 5.69 Å². The largest absolute Gasteiger partial charge is 0.476 e. The molecule has 0 bridgehead atoms. The van der Waals surface area contributed by atoms with Crippen LogP contribution in [0.5, 0.6) is 0 Å². The summed E-state index contributed by atoms with van der Waals surface area (Å²) < 4.78 is 64.8. The van der Waals surface area contributed by atoms with Crippen molar-refractivity contribution in [1.82, 2.24) is 15.0 Å². The van der Waals surface area contributed by atoms with Crippen LogP contribution in [-0.2, 0) is 12.7 Å². The number of halogens is 5. The van der Waals surface area contributed by atoms with Gasteiger partial charge < -0.3 is 5.11 Å². The minimum atomic E-state index is -5.02. The third-order valence-corrected chi connectivity index (χ3v) is 2.46. The number of aromatic carboxylic acids is 1. The Hall–Kier alpha value is -2.52. The van der Waals surface area contributed by atoms with E-state index in [1.165, 1.54) is 0 Å². The van der Waals surface area contributed by atoms with Gasteiger partial charge in [-0.2, -0.15) is 13.2 Å². The number of carboxylic acid groups (broad SMARTS) is 1. The van der Waals surface area contributed by atoms with E-state index in [0.717, 1.165) is 12.1 Å². The van der Waals surface area contributed by atoms with E-state index in [0.29, 0.717) is 6.07 Å². The van der Waals surface area contributed by atoms with Crippen LogP contribution in [0.15, 0.2) is 18.2 Å². The molecule has 0 fully saturated rings. The summed E-state index contributed by atoms with van der Waals surface area (Å²) >= 11 is 0. The van der Waals surface area contributed by atoms with Gasteiger partial charge in [-0.05, 0) is 17.7 Å². The fraction of sp³-hybridized carbons (Fsp3) is 0.182. The van der Waals surface area contributed by atoms with Gasteiger partial charge in [-0.15, -0.1) is 5.10 Å². The predicted molar refractivity (Wildman–Crippen MR) is 57.4 cm³/mol. The molecule has 0 amide bonds. The first-order chi connectivity index (χ1) is 9.68. The zero-order valence-corrected chi connectivity index (χ0v) is 10.0. The number of rotatable bonds is 3. The van der Waals surface area contributed by atoms with Crippen LogP contribution in [0.3, 0.4) is 0 Å². The number of carbonyl (C=O) groups is 1. The summed E-state index contributed by atoms with van der Waals surface area (Å²) in [7, 11) is 0. The molecule has 1 N–H and O–H groups in total. The molecule has 0 aliphatic carbocycles. The molecule has 21 heavy (non-hydrogen) atoms. The molecule has 10 heteroatoms. The first-order valence-corrected chi connectivity index (χ1v) is 5.37. The lowest BCUT2D eigenvalue weighted by molar-refractivity contribution is -0.144. The lowest BCUT2D eigenvalue weighted by Gasteiger charge is -2.10. The summed E-state index contributed by atoms with van der Waals surface area (Å²) in [4.78, 5) is 10.7. The Balaban J connectivity index is 2.47. The quantitative estimate of drug-likeness (QED) is 0.884. The number of hydrogen-bond donors (Lipinski definition) is 1. The second-order valence-corrected chi connectivity index (χ2v) is 4.02. The van der Waals surface area contributed by atoms with Crippen LogP contribution in [0.4, 0.5) is 22.0 Å². The van der Waals surface area contributed by atoms with Crippen LogP contribution < -0.4 is 0 Å². The monoisotopic (exact) mass is 307 g/mol. The van der Waals surface area contributed by atoms with E-state index in [2.05, 4.69) is 10.3 Å². The van der Waals surface area contributed by atoms with E-state index in [4.69, 9.17) is 5.11 Å². The van der Waals surface area contributed by atoms with E-state index in [1.54, 1.807) is 0 Å². The highest BCUT2D eigenvalue weighted by Crippen LogP contribution is 2.31. The summed E-state index contributed by atoms with van der Waals surface area (Å²) in [6, 6.07) is 2.18. The molecule has 0 saturated carbocycles. The summed E-state index contributed by atoms with van der Waals surface area (Å²) in [5.74, 6) is -3.85. The van der Waals surface area contributed by atoms with Crippen LogP contribution in [0.1, 0.15) is 21.7 Å². The summed E-state index contributed by atoms with van der Waals surface area (Å²) in [5, 5.41) is 14.7. The summed E-state index contributed by atoms with van der Waals surface area (Å²) in [6.45, 7) is -0.677. The van der Waals surface area contributed by atoms with Crippen LogP contribution in [0, 0.1) is 11.6 Å². The number of aromatic nitrogens is 3. The van der Waals surface area contributed by atoms with Crippen LogP contribution >= 0.6 is 0 Å². The lowest BCUT2D eigenvalue weighted by Crippen LogP contribution is -2.19. The van der Waals surface area contributed by atoms with E-state index < -0.39 is 41.7 Å². The van der Waals surface area contributed by atoms with Gasteiger partial charge in [0.05, 0.1) is 6.54 Å². The first kappa shape index (κ1) is 14.9. The Bertz CT molecular complexity index is 675. The maximum atomic E-state index is 13.0. The third-order valence-electron chi connectivity index (χ3n) is 2.46. The fourth-order valence-electron chi connectivity index (χ4n) is 1.72. The molecule has 1 aromatic carbocycles. The molecule has 1 heterocycles. The Morgan fingerprint density at radius 3 is 2.24 bits per heavy atom. The second-order valence-electron chi connectivity index (χ2n) is 4.02. The molecular formula is C11H6F5N3O2. The average Bonchev–Trinajstić information content (AvgIpc) is 2.70. The highest BCUT2D eigenvalue weighted by Gasteiger charge is 2.41. The van der Waals surface area contributed by atoms with Gasteiger partial charge in [-0.25, -0.2) is 18.3 Å². The van der Waals surface area contributed by atoms with Crippen molar-refractivity contribution in [2.24, 2.45) is 0 Å². The van der Waals surface area contributed by atoms with Crippen LogP contribution in [0.25, 0.3) is 0 Å². The van der Waals surface area contributed by atoms with Gasteiger partial charge in [0.2, 0.25) is 5.69 Å². The van der Waals surface area contributed by atoms with Gasteiger partial charge in [-0.3, -0.25) is 0 Å². The number of nitrogens with zero attached hydrogens (tertiary/aromatic N) is 3. The Labute approximate surface area is 113 Å². The highest BCUT2D eigenvalue weighted by molar-refractivity contribution is 5.86. The van der Waals surface area contributed by atoms with Crippen molar-refractivity contribution in [1.29, 1.82) is 0 Å². The van der Waals surface area contributed by atoms with Crippen molar-refractivity contribution in [2.75, 3.05) is 0 Å². The van der Waals surface area contributed by atoms with E-state index in [-0.39, 0.29) is 10.2 Å². The van der Waals surface area contributed by atoms with Crippen molar-refractivity contribution in [3.8, 4) is 0 Å². The minimum Gasteiger partial charge on any atom is -0.476 e. The molecule has 0 aliphatic heterocycles. The van der Waals surface area contributed by atoms with E-state index in [9.17, 15) is 26.7 Å². The SMILES string of the molecule is O=C(O)c1nnn(Cc2cc(F)cc(F)c2)c1C(F)(F)F. The fourth-order valence-corrected chi connectivity index (χ4v) is 1.72. The van der Waals surface area contributed by atoms with Crippen molar-refractivity contribution in [3.05, 3.63) is 46.8 Å². The van der Waals surface area contributed by atoms with Gasteiger partial charge in [0.1, 0.15) is 11.6 Å². The Morgan fingerprint density at radius 2 is 1.76 bits per heavy atom. The average molecular weight is 307 g/mol. The molecule has 2 rings (SSSR count). The normalized spacial score (nSPS) is 11.7. The standard InChI is InChI=1S/C11H6F5N3O2/c12-6-1-5(2-7(13)3-6)4-19-9(11(14,15)16)8(10(20)21)17-18-19/h1-3H,4H2,(H,20,21). The molecule has 0 atom stereocenters. The molecule has 5 nitrogen and oxygen atoms in total. The number of alkyl halides is 3. The van der Waals surface area contributed by atoms with Crippen LogP contribution in [0.2, 0.25) is 0 Å². The minimum absolute atomic E-state index is 0.153. The smallest absolute Gasteiger partial charge is 0.435 e. The molecular weight excluding hydrogens is 301 g/mol. The first-order valence-electron chi connectivity index (χ1n) is 5.37. The lowest BCUT2D eigenvalue weighted by atomic mass is 10.2. The van der Waals surface area contributed by atoms with Crippen LogP contribution in [-0.4, -0.2) is 26.1 Å². The number of carboxylic acids is 1. The van der Waals surface area contributed by atoms with Crippen molar-refractivity contribution >= 4 is 5.97 Å². The number of benzene rings is 1. The van der Waals surface area contributed by atoms with Crippen molar-refractivity contribution in [2.45, 2.75) is 12.7 Å². The van der Waals surface area contributed by atoms with E-state index >= 15 is 0 Å². The van der Waals surface area contributed by atoms with Gasteiger partial charge >= 0.3 is 12.1 Å². The maximum absolute atomic E-state index is 13.0. The molecule has 0 spiro atoms. The number of hydrogen-bond acceptors (Lipinski definition) is 3. The third kappa shape index (κ3) is 3.15. The summed E-state index contributed by atoms with van der Waals surface area (Å²) in [6.07, 6.45) is -5.02. The molecule has 0 saturated heterocycles. The predicted octanol–water partition coefficient (Wildman–Crippen LogP) is 2.32.